The third-order valence-electron chi connectivity index (χ3n) is 2.51. The summed E-state index contributed by atoms with van der Waals surface area (Å²) >= 11 is -2.68. The van der Waals surface area contributed by atoms with Gasteiger partial charge in [-0.15, -0.1) is 0 Å². The average molecular weight is 338 g/mol. The van der Waals surface area contributed by atoms with Crippen LogP contribution < -0.4 is 5.73 Å². The van der Waals surface area contributed by atoms with Crippen LogP contribution in [0.5, 0.6) is 0 Å². The van der Waals surface area contributed by atoms with Crippen LogP contribution in [0.1, 0.15) is 46.5 Å². The van der Waals surface area contributed by atoms with Crippen molar-refractivity contribution in [1.29, 1.82) is 0 Å². The fourth-order valence-electron chi connectivity index (χ4n) is 1.57. The molecule has 2 N–H and O–H groups in total. The van der Waals surface area contributed by atoms with Crippen LogP contribution in [0, 0.1) is 0 Å². The molecule has 0 aliphatic rings. The van der Waals surface area contributed by atoms with E-state index in [1.807, 2.05) is 0 Å². The van der Waals surface area contributed by atoms with Crippen LogP contribution in [0.15, 0.2) is 0 Å². The van der Waals surface area contributed by atoms with E-state index in [2.05, 4.69) is 25.7 Å². The van der Waals surface area contributed by atoms with E-state index in [0.29, 0.717) is 6.04 Å². The first-order valence-electron chi connectivity index (χ1n) is 6.57. The van der Waals surface area contributed by atoms with Gasteiger partial charge in [0, 0.05) is 0 Å². The van der Waals surface area contributed by atoms with Crippen LogP contribution >= 0.6 is 0 Å². The van der Waals surface area contributed by atoms with Crippen molar-refractivity contribution in [3.05, 3.63) is 0 Å². The molecule has 0 fully saturated rings. The van der Waals surface area contributed by atoms with Crippen LogP contribution in [0.3, 0.4) is 0 Å². The van der Waals surface area contributed by atoms with Crippen molar-refractivity contribution in [3.8, 4) is 0 Å². The predicted octanol–water partition coefficient (Wildman–Crippen LogP) is 3.04. The molecule has 0 spiro atoms. The Bertz CT molecular complexity index is 157. The molecule has 4 heteroatoms. The molecular weight excluding hydrogens is 309 g/mol. The standard InChI is InChI=1S/C5H12N.2C3H7O.CH3.Sn/c1-3-4-5(2)6;2*1-2-3-4;;/h5H,1,3-4,6H2,2H3;2*2-3H2,1H3;1H3;/q;2*-1;;+2. The molecule has 0 radical (unpaired) electrons. The Labute approximate surface area is 106 Å². The molecule has 0 aromatic carbocycles. The van der Waals surface area contributed by atoms with E-state index in [4.69, 9.17) is 11.9 Å². The van der Waals surface area contributed by atoms with E-state index in [0.717, 1.165) is 43.3 Å². The number of hydrogen-bond donors (Lipinski definition) is 1. The minimum absolute atomic E-state index is 0.299. The molecule has 16 heavy (non-hydrogen) atoms. The number of nitrogens with two attached hydrogens (primary N) is 1. The van der Waals surface area contributed by atoms with Gasteiger partial charge in [-0.25, -0.2) is 0 Å². The Morgan fingerprint density at radius 1 is 1.12 bits per heavy atom. The first kappa shape index (κ1) is 16.7. The molecule has 0 aromatic heterocycles. The third-order valence-corrected chi connectivity index (χ3v) is 10.8. The van der Waals surface area contributed by atoms with Gasteiger partial charge < -0.3 is 0 Å². The topological polar surface area (TPSA) is 44.5 Å². The van der Waals surface area contributed by atoms with Gasteiger partial charge in [-0.05, 0) is 0 Å². The molecule has 3 nitrogen and oxygen atoms in total. The molecule has 0 aliphatic heterocycles. The van der Waals surface area contributed by atoms with Crippen LogP contribution in [-0.4, -0.2) is 38.5 Å². The van der Waals surface area contributed by atoms with Crippen molar-refractivity contribution in [2.75, 3.05) is 13.2 Å². The van der Waals surface area contributed by atoms with Crippen molar-refractivity contribution in [2.24, 2.45) is 5.73 Å². The second-order valence-electron chi connectivity index (χ2n) is 4.70. The Morgan fingerprint density at radius 3 is 2.00 bits per heavy atom. The zero-order valence-electron chi connectivity index (χ0n) is 11.4. The molecule has 1 atom stereocenters. The Hall–Kier alpha value is 0.679. The van der Waals surface area contributed by atoms with E-state index >= 15 is 0 Å². The van der Waals surface area contributed by atoms with Crippen LogP contribution in [0.25, 0.3) is 0 Å². The Balaban J connectivity index is 3.96. The average Bonchev–Trinajstić information content (AvgIpc) is 2.23. The first-order chi connectivity index (χ1) is 7.54. The zero-order valence-corrected chi connectivity index (χ0v) is 14.3. The molecule has 1 unspecified atom stereocenters. The summed E-state index contributed by atoms with van der Waals surface area (Å²) in [4.78, 5) is 2.25. The van der Waals surface area contributed by atoms with Gasteiger partial charge in [0.05, 0.1) is 0 Å². The van der Waals surface area contributed by atoms with E-state index in [9.17, 15) is 0 Å². The van der Waals surface area contributed by atoms with Crippen LogP contribution in [0.2, 0.25) is 9.38 Å². The summed E-state index contributed by atoms with van der Waals surface area (Å²) in [5, 5.41) is 0. The van der Waals surface area contributed by atoms with E-state index in [1.165, 1.54) is 0 Å². The van der Waals surface area contributed by atoms with Gasteiger partial charge in [-0.2, -0.15) is 0 Å². The van der Waals surface area contributed by atoms with Gasteiger partial charge in [0.25, 0.3) is 0 Å². The number of rotatable bonds is 10. The van der Waals surface area contributed by atoms with Crippen LogP contribution in [-0.2, 0) is 6.15 Å². The summed E-state index contributed by atoms with van der Waals surface area (Å²) in [5.74, 6) is 0. The normalized spacial score (nSPS) is 14.1. The fraction of sp³-hybridized carbons (Fsp3) is 1.00. The van der Waals surface area contributed by atoms with E-state index < -0.39 is 19.2 Å². The summed E-state index contributed by atoms with van der Waals surface area (Å²) in [6.45, 7) is 8.07. The maximum absolute atomic E-state index is 6.01. The molecular formula is C12H29NO2Sn. The summed E-state index contributed by atoms with van der Waals surface area (Å²) in [6, 6.07) is 0.299. The molecule has 98 valence electrons. The van der Waals surface area contributed by atoms with Crippen molar-refractivity contribution in [1.82, 2.24) is 0 Å². The molecule has 0 bridgehead atoms. The Kier molecular flexibility index (Phi) is 10.1. The molecule has 0 aromatic rings. The second kappa shape index (κ2) is 9.68. The third kappa shape index (κ3) is 8.79. The van der Waals surface area contributed by atoms with Gasteiger partial charge >= 0.3 is 106 Å². The first-order valence-corrected chi connectivity index (χ1v) is 13.8. The van der Waals surface area contributed by atoms with Gasteiger partial charge in [0.1, 0.15) is 0 Å². The van der Waals surface area contributed by atoms with Crippen molar-refractivity contribution >= 4 is 19.2 Å². The SMILES string of the molecule is CCC[O][Sn]([CH3])([CH2]CCC(C)N)[O]CCC. The summed E-state index contributed by atoms with van der Waals surface area (Å²) in [5.41, 5.74) is 5.76. The van der Waals surface area contributed by atoms with Crippen LogP contribution in [0.4, 0.5) is 0 Å². The van der Waals surface area contributed by atoms with E-state index in [1.54, 1.807) is 0 Å². The second-order valence-corrected chi connectivity index (χ2v) is 14.2. The van der Waals surface area contributed by atoms with Gasteiger partial charge in [-0.3, -0.25) is 0 Å². The minimum atomic E-state index is -2.68. The molecule has 0 amide bonds. The predicted molar refractivity (Wildman–Crippen MR) is 71.8 cm³/mol. The Morgan fingerprint density at radius 2 is 1.62 bits per heavy atom. The van der Waals surface area contributed by atoms with Gasteiger partial charge in [0.2, 0.25) is 0 Å². The summed E-state index contributed by atoms with van der Waals surface area (Å²) < 4.78 is 13.2. The summed E-state index contributed by atoms with van der Waals surface area (Å²) in [6.07, 6.45) is 4.39. The summed E-state index contributed by atoms with van der Waals surface area (Å²) in [7, 11) is 0. The molecule has 0 aliphatic carbocycles. The molecule has 0 saturated carbocycles. The van der Waals surface area contributed by atoms with E-state index in [-0.39, 0.29) is 0 Å². The fourth-order valence-corrected chi connectivity index (χ4v) is 8.67. The zero-order chi connectivity index (χ0) is 12.4. The van der Waals surface area contributed by atoms with Gasteiger partial charge in [-0.1, -0.05) is 0 Å². The number of hydrogen-bond acceptors (Lipinski definition) is 3. The van der Waals surface area contributed by atoms with Crippen molar-refractivity contribution in [2.45, 2.75) is 61.9 Å². The van der Waals surface area contributed by atoms with Crippen molar-refractivity contribution in [3.63, 3.8) is 0 Å². The molecule has 0 heterocycles. The quantitative estimate of drug-likeness (QED) is 0.623. The molecule has 0 saturated heterocycles. The monoisotopic (exact) mass is 339 g/mol. The van der Waals surface area contributed by atoms with Gasteiger partial charge in [0.15, 0.2) is 0 Å². The molecule has 0 rings (SSSR count). The maximum atomic E-state index is 6.01. The van der Waals surface area contributed by atoms with Crippen molar-refractivity contribution < 1.29 is 6.15 Å².